The van der Waals surface area contributed by atoms with E-state index < -0.39 is 12.1 Å². The standard InChI is InChI=1S/C17H17FO3/c18-15-8-6-14(7-9-15)13-4-1-12(2-5-13)3-10-16(19)11-17(20)21/h1-2,4-9,16,19H,3,10-11H2,(H,20,21). The molecule has 0 spiro atoms. The number of rotatable bonds is 6. The molecule has 2 rings (SSSR count). The summed E-state index contributed by atoms with van der Waals surface area (Å²) >= 11 is 0. The molecule has 0 aromatic heterocycles. The second-order valence-electron chi connectivity index (χ2n) is 4.99. The van der Waals surface area contributed by atoms with Crippen LogP contribution in [0, 0.1) is 5.82 Å². The molecule has 21 heavy (non-hydrogen) atoms. The Bertz CT molecular complexity index is 590. The number of hydrogen-bond acceptors (Lipinski definition) is 2. The second kappa shape index (κ2) is 6.99. The Morgan fingerprint density at radius 2 is 1.52 bits per heavy atom. The van der Waals surface area contributed by atoms with Crippen molar-refractivity contribution in [3.63, 3.8) is 0 Å². The van der Waals surface area contributed by atoms with Crippen molar-refractivity contribution < 1.29 is 19.4 Å². The number of benzene rings is 2. The molecule has 2 N–H and O–H groups in total. The average Bonchev–Trinajstić information content (AvgIpc) is 2.46. The third-order valence-electron chi connectivity index (χ3n) is 3.31. The fourth-order valence-corrected chi connectivity index (χ4v) is 2.14. The molecule has 0 heterocycles. The summed E-state index contributed by atoms with van der Waals surface area (Å²) in [5.74, 6) is -1.25. The van der Waals surface area contributed by atoms with Crippen LogP contribution in [0.25, 0.3) is 11.1 Å². The Labute approximate surface area is 122 Å². The number of aliphatic hydroxyl groups excluding tert-OH is 1. The Morgan fingerprint density at radius 3 is 2.05 bits per heavy atom. The van der Waals surface area contributed by atoms with Gasteiger partial charge < -0.3 is 10.2 Å². The molecule has 0 fully saturated rings. The van der Waals surface area contributed by atoms with E-state index in [0.717, 1.165) is 16.7 Å². The lowest BCUT2D eigenvalue weighted by Gasteiger charge is -2.08. The molecule has 0 aliphatic heterocycles. The van der Waals surface area contributed by atoms with Crippen molar-refractivity contribution in [3.8, 4) is 11.1 Å². The molecule has 0 radical (unpaired) electrons. The minimum absolute atomic E-state index is 0.229. The van der Waals surface area contributed by atoms with Gasteiger partial charge in [0.1, 0.15) is 5.82 Å². The molecule has 0 saturated carbocycles. The summed E-state index contributed by atoms with van der Waals surface area (Å²) in [6.07, 6.45) is -0.00662. The van der Waals surface area contributed by atoms with E-state index in [9.17, 15) is 14.3 Å². The lowest BCUT2D eigenvalue weighted by atomic mass is 10.0. The van der Waals surface area contributed by atoms with E-state index in [-0.39, 0.29) is 12.2 Å². The quantitative estimate of drug-likeness (QED) is 0.857. The monoisotopic (exact) mass is 288 g/mol. The van der Waals surface area contributed by atoms with Crippen LogP contribution in [-0.4, -0.2) is 22.3 Å². The van der Waals surface area contributed by atoms with Gasteiger partial charge in [-0.25, -0.2) is 4.39 Å². The van der Waals surface area contributed by atoms with Crippen LogP contribution < -0.4 is 0 Å². The summed E-state index contributed by atoms with van der Waals surface area (Å²) in [5, 5.41) is 18.1. The van der Waals surface area contributed by atoms with Crippen LogP contribution in [0.15, 0.2) is 48.5 Å². The molecular formula is C17H17FO3. The van der Waals surface area contributed by atoms with Gasteiger partial charge in [-0.2, -0.15) is 0 Å². The van der Waals surface area contributed by atoms with Gasteiger partial charge in [0.15, 0.2) is 0 Å². The second-order valence-corrected chi connectivity index (χ2v) is 4.99. The predicted octanol–water partition coefficient (Wildman–Crippen LogP) is 3.26. The van der Waals surface area contributed by atoms with E-state index in [4.69, 9.17) is 5.11 Å². The van der Waals surface area contributed by atoms with Crippen molar-refractivity contribution in [2.45, 2.75) is 25.4 Å². The highest BCUT2D eigenvalue weighted by atomic mass is 19.1. The number of carboxylic acid groups (broad SMARTS) is 1. The lowest BCUT2D eigenvalue weighted by molar-refractivity contribution is -0.139. The number of aryl methyl sites for hydroxylation is 1. The third-order valence-corrected chi connectivity index (χ3v) is 3.31. The zero-order chi connectivity index (χ0) is 15.2. The average molecular weight is 288 g/mol. The number of aliphatic carboxylic acids is 1. The van der Waals surface area contributed by atoms with E-state index >= 15 is 0 Å². The van der Waals surface area contributed by atoms with Gasteiger partial charge in [0, 0.05) is 0 Å². The maximum absolute atomic E-state index is 12.9. The molecule has 2 aromatic rings. The Hall–Kier alpha value is -2.20. The molecule has 0 amide bonds. The van der Waals surface area contributed by atoms with Crippen LogP contribution in [0.5, 0.6) is 0 Å². The van der Waals surface area contributed by atoms with Crippen molar-refractivity contribution in [1.82, 2.24) is 0 Å². The predicted molar refractivity (Wildman–Crippen MR) is 78.4 cm³/mol. The van der Waals surface area contributed by atoms with E-state index in [1.807, 2.05) is 24.3 Å². The molecular weight excluding hydrogens is 271 g/mol. The van der Waals surface area contributed by atoms with E-state index in [2.05, 4.69) is 0 Å². The molecule has 2 aromatic carbocycles. The Kier molecular flexibility index (Phi) is 5.06. The van der Waals surface area contributed by atoms with E-state index in [1.54, 1.807) is 12.1 Å². The van der Waals surface area contributed by atoms with Gasteiger partial charge >= 0.3 is 5.97 Å². The number of carbonyl (C=O) groups is 1. The summed E-state index contributed by atoms with van der Waals surface area (Å²) < 4.78 is 12.9. The number of carboxylic acids is 1. The Balaban J connectivity index is 1.96. The van der Waals surface area contributed by atoms with Crippen molar-refractivity contribution in [2.24, 2.45) is 0 Å². The maximum atomic E-state index is 12.9. The molecule has 4 heteroatoms. The largest absolute Gasteiger partial charge is 0.481 e. The van der Waals surface area contributed by atoms with Crippen LogP contribution >= 0.6 is 0 Å². The SMILES string of the molecule is O=C(O)CC(O)CCc1ccc(-c2ccc(F)cc2)cc1. The van der Waals surface area contributed by atoms with Gasteiger partial charge in [0.05, 0.1) is 12.5 Å². The first-order chi connectivity index (χ1) is 10.0. The number of aliphatic hydroxyl groups is 1. The van der Waals surface area contributed by atoms with Gasteiger partial charge in [0.25, 0.3) is 0 Å². The fourth-order valence-electron chi connectivity index (χ4n) is 2.14. The van der Waals surface area contributed by atoms with Gasteiger partial charge in [-0.15, -0.1) is 0 Å². The van der Waals surface area contributed by atoms with Crippen molar-refractivity contribution in [2.75, 3.05) is 0 Å². The fraction of sp³-hybridized carbons (Fsp3) is 0.235. The molecule has 0 aliphatic carbocycles. The highest BCUT2D eigenvalue weighted by Crippen LogP contribution is 2.20. The third kappa shape index (κ3) is 4.68. The zero-order valence-electron chi connectivity index (χ0n) is 11.5. The summed E-state index contributed by atoms with van der Waals surface area (Å²) in [7, 11) is 0. The van der Waals surface area contributed by atoms with Crippen molar-refractivity contribution in [3.05, 3.63) is 59.9 Å². The topological polar surface area (TPSA) is 57.5 Å². The summed E-state index contributed by atoms with van der Waals surface area (Å²) in [4.78, 5) is 10.5. The highest BCUT2D eigenvalue weighted by molar-refractivity contribution is 5.67. The molecule has 0 aliphatic rings. The van der Waals surface area contributed by atoms with E-state index in [0.29, 0.717) is 12.8 Å². The van der Waals surface area contributed by atoms with Gasteiger partial charge in [-0.1, -0.05) is 36.4 Å². The van der Waals surface area contributed by atoms with Gasteiger partial charge in [-0.3, -0.25) is 4.79 Å². The minimum atomic E-state index is -0.992. The maximum Gasteiger partial charge on any atom is 0.305 e. The first kappa shape index (κ1) is 15.2. The summed E-state index contributed by atoms with van der Waals surface area (Å²) in [6.45, 7) is 0. The van der Waals surface area contributed by atoms with Gasteiger partial charge in [0.2, 0.25) is 0 Å². The summed E-state index contributed by atoms with van der Waals surface area (Å²) in [6, 6.07) is 14.0. The minimum Gasteiger partial charge on any atom is -0.481 e. The van der Waals surface area contributed by atoms with Crippen LogP contribution in [-0.2, 0) is 11.2 Å². The molecule has 3 nitrogen and oxygen atoms in total. The molecule has 1 atom stereocenters. The van der Waals surface area contributed by atoms with Gasteiger partial charge in [-0.05, 0) is 41.7 Å². The Morgan fingerprint density at radius 1 is 1.00 bits per heavy atom. The molecule has 0 saturated heterocycles. The van der Waals surface area contributed by atoms with Crippen LogP contribution in [0.4, 0.5) is 4.39 Å². The lowest BCUT2D eigenvalue weighted by Crippen LogP contribution is -2.13. The normalized spacial score (nSPS) is 12.1. The van der Waals surface area contributed by atoms with Crippen molar-refractivity contribution >= 4 is 5.97 Å². The van der Waals surface area contributed by atoms with Crippen molar-refractivity contribution in [1.29, 1.82) is 0 Å². The number of hydrogen-bond donors (Lipinski definition) is 2. The number of halogens is 1. The van der Waals surface area contributed by atoms with Crippen LogP contribution in [0.3, 0.4) is 0 Å². The smallest absolute Gasteiger partial charge is 0.305 e. The first-order valence-electron chi connectivity index (χ1n) is 6.79. The molecule has 0 bridgehead atoms. The molecule has 1 unspecified atom stereocenters. The highest BCUT2D eigenvalue weighted by Gasteiger charge is 2.09. The summed E-state index contributed by atoms with van der Waals surface area (Å²) in [5.41, 5.74) is 2.96. The molecule has 110 valence electrons. The van der Waals surface area contributed by atoms with Crippen LogP contribution in [0.1, 0.15) is 18.4 Å². The van der Waals surface area contributed by atoms with Crippen LogP contribution in [0.2, 0.25) is 0 Å². The first-order valence-corrected chi connectivity index (χ1v) is 6.79. The zero-order valence-corrected chi connectivity index (χ0v) is 11.5. The van der Waals surface area contributed by atoms with E-state index in [1.165, 1.54) is 12.1 Å².